The minimum Gasteiger partial charge on any atom is -0.397 e. The van der Waals surface area contributed by atoms with Crippen LogP contribution in [0.15, 0.2) is 18.5 Å². The third kappa shape index (κ3) is 1.55. The molecule has 0 saturated carbocycles. The molecule has 0 aliphatic rings. The highest BCUT2D eigenvalue weighted by Gasteiger charge is 2.08. The van der Waals surface area contributed by atoms with Crippen LogP contribution in [0.2, 0.25) is 0 Å². The molecule has 0 radical (unpaired) electrons. The molecule has 80 valence electrons. The number of anilines is 2. The standard InChI is InChI=1S/C9H13N5O/c10-6-1-2-7(11)9-8(6)12-5-14(9)13-3-4-15/h1-2,5,13,15H,3-4,10-11H2. The van der Waals surface area contributed by atoms with Crippen LogP contribution >= 0.6 is 0 Å². The van der Waals surface area contributed by atoms with E-state index in [1.165, 1.54) is 0 Å². The predicted molar refractivity (Wildman–Crippen MR) is 59.9 cm³/mol. The average molecular weight is 207 g/mol. The Labute approximate surface area is 86.5 Å². The number of imidazole rings is 1. The number of nitrogens with two attached hydrogens (primary N) is 2. The zero-order valence-electron chi connectivity index (χ0n) is 8.14. The van der Waals surface area contributed by atoms with Crippen molar-refractivity contribution in [1.29, 1.82) is 0 Å². The lowest BCUT2D eigenvalue weighted by Crippen LogP contribution is -2.17. The Morgan fingerprint density at radius 2 is 2.07 bits per heavy atom. The Kier molecular flexibility index (Phi) is 2.34. The fourth-order valence-corrected chi connectivity index (χ4v) is 1.46. The van der Waals surface area contributed by atoms with Gasteiger partial charge in [-0.05, 0) is 12.1 Å². The van der Waals surface area contributed by atoms with Gasteiger partial charge in [-0.1, -0.05) is 0 Å². The van der Waals surface area contributed by atoms with E-state index in [2.05, 4.69) is 10.4 Å². The van der Waals surface area contributed by atoms with Crippen molar-refractivity contribution in [3.8, 4) is 0 Å². The molecule has 2 rings (SSSR count). The van der Waals surface area contributed by atoms with Crippen molar-refractivity contribution in [2.75, 3.05) is 30.0 Å². The van der Waals surface area contributed by atoms with E-state index in [1.807, 2.05) is 0 Å². The van der Waals surface area contributed by atoms with E-state index in [4.69, 9.17) is 16.6 Å². The maximum atomic E-state index is 8.71. The van der Waals surface area contributed by atoms with E-state index < -0.39 is 0 Å². The molecule has 1 heterocycles. The Bertz CT molecular complexity index is 479. The van der Waals surface area contributed by atoms with Crippen LogP contribution in [0.25, 0.3) is 11.0 Å². The Morgan fingerprint density at radius 1 is 1.33 bits per heavy atom. The van der Waals surface area contributed by atoms with Crippen molar-refractivity contribution in [2.24, 2.45) is 0 Å². The van der Waals surface area contributed by atoms with Gasteiger partial charge in [0.15, 0.2) is 0 Å². The van der Waals surface area contributed by atoms with Crippen LogP contribution in [0.4, 0.5) is 11.4 Å². The quantitative estimate of drug-likeness (QED) is 0.519. The number of nitrogen functional groups attached to an aromatic ring is 2. The van der Waals surface area contributed by atoms with Crippen molar-refractivity contribution >= 4 is 22.4 Å². The summed E-state index contributed by atoms with van der Waals surface area (Å²) < 4.78 is 1.66. The summed E-state index contributed by atoms with van der Waals surface area (Å²) in [5.74, 6) is 0. The van der Waals surface area contributed by atoms with E-state index in [0.29, 0.717) is 23.4 Å². The van der Waals surface area contributed by atoms with E-state index in [0.717, 1.165) is 5.52 Å². The molecule has 0 atom stereocenters. The first-order valence-electron chi connectivity index (χ1n) is 4.60. The number of aliphatic hydroxyl groups excluding tert-OH is 1. The SMILES string of the molecule is Nc1ccc(N)c2c1ncn2NCCO. The number of benzene rings is 1. The van der Waals surface area contributed by atoms with Gasteiger partial charge in [0.25, 0.3) is 0 Å². The first-order valence-corrected chi connectivity index (χ1v) is 4.60. The molecule has 0 fully saturated rings. The molecule has 0 amide bonds. The summed E-state index contributed by atoms with van der Waals surface area (Å²) in [6.07, 6.45) is 1.59. The number of fused-ring (bicyclic) bond motifs is 1. The van der Waals surface area contributed by atoms with Crippen LogP contribution in [-0.2, 0) is 0 Å². The number of aromatic nitrogens is 2. The molecule has 15 heavy (non-hydrogen) atoms. The maximum absolute atomic E-state index is 8.71. The summed E-state index contributed by atoms with van der Waals surface area (Å²) in [6.45, 7) is 0.474. The van der Waals surface area contributed by atoms with E-state index in [1.54, 1.807) is 23.1 Å². The summed E-state index contributed by atoms with van der Waals surface area (Å²) in [6, 6.07) is 3.46. The number of hydrogen-bond acceptors (Lipinski definition) is 5. The summed E-state index contributed by atoms with van der Waals surface area (Å²) >= 11 is 0. The molecule has 0 unspecified atom stereocenters. The highest BCUT2D eigenvalue weighted by atomic mass is 16.3. The Morgan fingerprint density at radius 3 is 2.80 bits per heavy atom. The van der Waals surface area contributed by atoms with Gasteiger partial charge in [-0.3, -0.25) is 0 Å². The second-order valence-corrected chi connectivity index (χ2v) is 3.19. The lowest BCUT2D eigenvalue weighted by atomic mass is 10.2. The van der Waals surface area contributed by atoms with Crippen molar-refractivity contribution in [3.63, 3.8) is 0 Å². The number of rotatable bonds is 3. The van der Waals surface area contributed by atoms with Crippen LogP contribution in [0.3, 0.4) is 0 Å². The average Bonchev–Trinajstić information content (AvgIpc) is 2.65. The largest absolute Gasteiger partial charge is 0.397 e. The lowest BCUT2D eigenvalue weighted by Gasteiger charge is -2.08. The van der Waals surface area contributed by atoms with Gasteiger partial charge in [0.1, 0.15) is 17.4 Å². The van der Waals surface area contributed by atoms with E-state index >= 15 is 0 Å². The van der Waals surface area contributed by atoms with Gasteiger partial charge in [0.2, 0.25) is 0 Å². The van der Waals surface area contributed by atoms with Gasteiger partial charge >= 0.3 is 0 Å². The van der Waals surface area contributed by atoms with Gasteiger partial charge in [-0.2, -0.15) is 0 Å². The van der Waals surface area contributed by atoms with Crippen molar-refractivity contribution in [2.45, 2.75) is 0 Å². The molecule has 6 heteroatoms. The summed E-state index contributed by atoms with van der Waals surface area (Å²) in [5, 5.41) is 8.71. The molecular weight excluding hydrogens is 194 g/mol. The number of aliphatic hydroxyl groups is 1. The van der Waals surface area contributed by atoms with Crippen LogP contribution in [0.5, 0.6) is 0 Å². The molecule has 2 aromatic rings. The van der Waals surface area contributed by atoms with Crippen LogP contribution < -0.4 is 16.9 Å². The number of nitrogens with one attached hydrogen (secondary N) is 1. The fourth-order valence-electron chi connectivity index (χ4n) is 1.46. The van der Waals surface area contributed by atoms with Crippen molar-refractivity contribution in [1.82, 2.24) is 9.66 Å². The monoisotopic (exact) mass is 207 g/mol. The topological polar surface area (TPSA) is 102 Å². The molecule has 0 spiro atoms. The molecule has 6 nitrogen and oxygen atoms in total. The Balaban J connectivity index is 2.53. The van der Waals surface area contributed by atoms with Gasteiger partial charge in [-0.25, -0.2) is 9.66 Å². The first kappa shape index (κ1) is 9.60. The zero-order valence-corrected chi connectivity index (χ0v) is 8.14. The molecular formula is C9H13N5O. The predicted octanol–water partition coefficient (Wildman–Crippen LogP) is -0.264. The first-order chi connectivity index (χ1) is 7.24. The maximum Gasteiger partial charge on any atom is 0.116 e. The molecule has 1 aromatic heterocycles. The highest BCUT2D eigenvalue weighted by molar-refractivity contribution is 5.95. The van der Waals surface area contributed by atoms with Crippen molar-refractivity contribution in [3.05, 3.63) is 18.5 Å². The highest BCUT2D eigenvalue weighted by Crippen LogP contribution is 2.24. The molecule has 0 saturated heterocycles. The minimum absolute atomic E-state index is 0.0435. The third-order valence-corrected chi connectivity index (χ3v) is 2.15. The van der Waals surface area contributed by atoms with Gasteiger partial charge in [0.05, 0.1) is 24.5 Å². The molecule has 0 bridgehead atoms. The zero-order chi connectivity index (χ0) is 10.8. The van der Waals surface area contributed by atoms with Crippen LogP contribution in [0, 0.1) is 0 Å². The fraction of sp³-hybridized carbons (Fsp3) is 0.222. The molecule has 1 aromatic carbocycles. The minimum atomic E-state index is 0.0435. The van der Waals surface area contributed by atoms with E-state index in [9.17, 15) is 0 Å². The Hall–Kier alpha value is -1.95. The summed E-state index contributed by atoms with van der Waals surface area (Å²) in [5.41, 5.74) is 17.1. The van der Waals surface area contributed by atoms with Gasteiger partial charge < -0.3 is 22.0 Å². The number of hydrogen-bond donors (Lipinski definition) is 4. The lowest BCUT2D eigenvalue weighted by molar-refractivity contribution is 0.307. The smallest absolute Gasteiger partial charge is 0.116 e. The van der Waals surface area contributed by atoms with Crippen LogP contribution in [0.1, 0.15) is 0 Å². The molecule has 0 aliphatic carbocycles. The second-order valence-electron chi connectivity index (χ2n) is 3.19. The second kappa shape index (κ2) is 3.66. The van der Waals surface area contributed by atoms with Crippen LogP contribution in [-0.4, -0.2) is 27.9 Å². The summed E-state index contributed by atoms with van der Waals surface area (Å²) in [7, 11) is 0. The molecule has 0 aliphatic heterocycles. The number of nitrogens with zero attached hydrogens (tertiary/aromatic N) is 2. The van der Waals surface area contributed by atoms with Gasteiger partial charge in [-0.15, -0.1) is 0 Å². The normalized spacial score (nSPS) is 10.7. The third-order valence-electron chi connectivity index (χ3n) is 2.15. The molecule has 6 N–H and O–H groups in total. The van der Waals surface area contributed by atoms with E-state index in [-0.39, 0.29) is 6.61 Å². The van der Waals surface area contributed by atoms with Gasteiger partial charge in [0, 0.05) is 0 Å². The summed E-state index contributed by atoms with van der Waals surface area (Å²) in [4.78, 5) is 4.15. The van der Waals surface area contributed by atoms with Crippen molar-refractivity contribution < 1.29 is 5.11 Å².